The Morgan fingerprint density at radius 1 is 1.00 bits per heavy atom. The number of carbonyl (C=O) groups is 5. The van der Waals surface area contributed by atoms with Crippen LogP contribution in [0.25, 0.3) is 0 Å². The van der Waals surface area contributed by atoms with Gasteiger partial charge < -0.3 is 38.3 Å². The van der Waals surface area contributed by atoms with Crippen LogP contribution in [0.15, 0.2) is 0 Å². The zero-order valence-corrected chi connectivity index (χ0v) is 17.8. The molecule has 0 aliphatic heterocycles. The normalized spacial score (nSPS) is 13.6. The molecule has 172 valence electrons. The molecule has 0 aromatic carbocycles. The van der Waals surface area contributed by atoms with Crippen molar-refractivity contribution >= 4 is 41.4 Å². The standard InChI is InChI=1S/C17H32N6O6S/c1-30-7-5-11(23-15(26)10(19)8-13(20)24)16(27)21-9-14(25)22-12(17(28)29)4-2-3-6-18/h10-12H,2-9,18-19H2,1H3,(H2,20,24)(H,21,27)(H,22,25)(H,23,26)(H,28,29). The lowest BCUT2D eigenvalue weighted by Crippen LogP contribution is -2.54. The van der Waals surface area contributed by atoms with Crippen LogP contribution in [0.3, 0.4) is 0 Å². The van der Waals surface area contributed by atoms with E-state index in [1.807, 2.05) is 6.26 Å². The maximum atomic E-state index is 12.4. The van der Waals surface area contributed by atoms with Crippen LogP contribution in [0, 0.1) is 0 Å². The van der Waals surface area contributed by atoms with Crippen molar-refractivity contribution in [3.05, 3.63) is 0 Å². The molecule has 0 aromatic heterocycles. The molecule has 0 aromatic rings. The molecular formula is C17H32N6O6S. The van der Waals surface area contributed by atoms with Crippen LogP contribution in [-0.2, 0) is 24.0 Å². The molecule has 0 heterocycles. The Balaban J connectivity index is 4.74. The maximum absolute atomic E-state index is 12.4. The second kappa shape index (κ2) is 15.5. The Kier molecular flexibility index (Phi) is 14.2. The minimum atomic E-state index is -1.19. The van der Waals surface area contributed by atoms with Gasteiger partial charge in [0.05, 0.1) is 19.0 Å². The first-order valence-electron chi connectivity index (χ1n) is 9.45. The number of aliphatic carboxylic acids is 1. The van der Waals surface area contributed by atoms with E-state index in [9.17, 15) is 24.0 Å². The number of primary amides is 1. The Morgan fingerprint density at radius 3 is 2.20 bits per heavy atom. The Labute approximate surface area is 179 Å². The van der Waals surface area contributed by atoms with E-state index < -0.39 is 54.3 Å². The summed E-state index contributed by atoms with van der Waals surface area (Å²) in [6, 6.07) is -3.25. The molecule has 0 saturated heterocycles. The number of rotatable bonds is 16. The zero-order valence-electron chi connectivity index (χ0n) is 17.0. The molecule has 0 spiro atoms. The van der Waals surface area contributed by atoms with Gasteiger partial charge in [-0.25, -0.2) is 4.79 Å². The number of carboxylic acid groups (broad SMARTS) is 1. The number of nitrogens with one attached hydrogen (secondary N) is 3. The molecule has 0 bridgehead atoms. The summed E-state index contributed by atoms with van der Waals surface area (Å²) in [4.78, 5) is 58.6. The lowest BCUT2D eigenvalue weighted by Gasteiger charge is -2.20. The smallest absolute Gasteiger partial charge is 0.326 e. The lowest BCUT2D eigenvalue weighted by atomic mass is 10.1. The van der Waals surface area contributed by atoms with Crippen molar-refractivity contribution in [1.82, 2.24) is 16.0 Å². The van der Waals surface area contributed by atoms with Gasteiger partial charge in [-0.05, 0) is 44.2 Å². The van der Waals surface area contributed by atoms with Crippen LogP contribution in [0.2, 0.25) is 0 Å². The molecular weight excluding hydrogens is 416 g/mol. The fourth-order valence-electron chi connectivity index (χ4n) is 2.38. The summed E-state index contributed by atoms with van der Waals surface area (Å²) in [5.41, 5.74) is 15.9. The third kappa shape index (κ3) is 12.2. The molecule has 0 rings (SSSR count). The monoisotopic (exact) mass is 448 g/mol. The van der Waals surface area contributed by atoms with Crippen LogP contribution < -0.4 is 33.2 Å². The predicted octanol–water partition coefficient (Wildman–Crippen LogP) is -2.76. The molecule has 3 atom stereocenters. The average Bonchev–Trinajstić information content (AvgIpc) is 2.67. The van der Waals surface area contributed by atoms with Gasteiger partial charge in [-0.3, -0.25) is 19.2 Å². The summed E-state index contributed by atoms with van der Waals surface area (Å²) in [7, 11) is 0. The highest BCUT2D eigenvalue weighted by Gasteiger charge is 2.25. The highest BCUT2D eigenvalue weighted by atomic mass is 32.2. The Hall–Kier alpha value is -2.38. The van der Waals surface area contributed by atoms with Gasteiger partial charge in [0, 0.05) is 0 Å². The van der Waals surface area contributed by atoms with E-state index >= 15 is 0 Å². The molecule has 0 fully saturated rings. The second-order valence-electron chi connectivity index (χ2n) is 6.58. The summed E-state index contributed by atoms with van der Waals surface area (Å²) < 4.78 is 0. The molecule has 0 radical (unpaired) electrons. The van der Waals surface area contributed by atoms with Crippen molar-refractivity contribution in [3.8, 4) is 0 Å². The molecule has 0 saturated carbocycles. The summed E-state index contributed by atoms with van der Waals surface area (Å²) in [5.74, 6) is -3.42. The van der Waals surface area contributed by atoms with E-state index in [1.165, 1.54) is 11.8 Å². The van der Waals surface area contributed by atoms with E-state index in [0.717, 1.165) is 0 Å². The van der Waals surface area contributed by atoms with E-state index in [1.54, 1.807) is 0 Å². The predicted molar refractivity (Wildman–Crippen MR) is 112 cm³/mol. The zero-order chi connectivity index (χ0) is 23.1. The summed E-state index contributed by atoms with van der Waals surface area (Å²) >= 11 is 1.45. The highest BCUT2D eigenvalue weighted by molar-refractivity contribution is 7.98. The van der Waals surface area contributed by atoms with Crippen molar-refractivity contribution in [1.29, 1.82) is 0 Å². The van der Waals surface area contributed by atoms with E-state index in [0.29, 0.717) is 25.1 Å². The lowest BCUT2D eigenvalue weighted by molar-refractivity contribution is -0.142. The average molecular weight is 449 g/mol. The number of amides is 4. The third-order valence-corrected chi connectivity index (χ3v) is 4.65. The fourth-order valence-corrected chi connectivity index (χ4v) is 2.85. The number of carboxylic acids is 1. The topological polar surface area (TPSA) is 220 Å². The SMILES string of the molecule is CSCCC(NC(=O)C(N)CC(N)=O)C(=O)NCC(=O)NC(CCCCN)C(=O)O. The van der Waals surface area contributed by atoms with Crippen LogP contribution in [0.5, 0.6) is 0 Å². The van der Waals surface area contributed by atoms with Gasteiger partial charge in [-0.2, -0.15) is 11.8 Å². The fraction of sp³-hybridized carbons (Fsp3) is 0.706. The Bertz CT molecular complexity index is 605. The van der Waals surface area contributed by atoms with Crippen LogP contribution in [0.4, 0.5) is 0 Å². The first-order chi connectivity index (χ1) is 14.1. The molecule has 13 heteroatoms. The maximum Gasteiger partial charge on any atom is 0.326 e. The van der Waals surface area contributed by atoms with Gasteiger partial charge in [0.2, 0.25) is 23.6 Å². The van der Waals surface area contributed by atoms with Crippen molar-refractivity contribution in [2.45, 2.75) is 50.2 Å². The van der Waals surface area contributed by atoms with Gasteiger partial charge in [0.1, 0.15) is 12.1 Å². The summed E-state index contributed by atoms with van der Waals surface area (Å²) in [5, 5.41) is 16.3. The van der Waals surface area contributed by atoms with E-state index in [-0.39, 0.29) is 19.3 Å². The van der Waals surface area contributed by atoms with Crippen LogP contribution in [0.1, 0.15) is 32.1 Å². The van der Waals surface area contributed by atoms with Crippen LogP contribution >= 0.6 is 11.8 Å². The number of nitrogens with two attached hydrogens (primary N) is 3. The molecule has 0 aliphatic rings. The quantitative estimate of drug-likeness (QED) is 0.121. The summed E-state index contributed by atoms with van der Waals surface area (Å²) in [6.45, 7) is -0.0406. The van der Waals surface area contributed by atoms with Gasteiger partial charge in [-0.15, -0.1) is 0 Å². The van der Waals surface area contributed by atoms with Crippen molar-refractivity contribution < 1.29 is 29.1 Å². The Morgan fingerprint density at radius 2 is 1.67 bits per heavy atom. The van der Waals surface area contributed by atoms with Gasteiger partial charge in [0.15, 0.2) is 0 Å². The van der Waals surface area contributed by atoms with Crippen molar-refractivity contribution in [2.24, 2.45) is 17.2 Å². The molecule has 3 unspecified atom stereocenters. The van der Waals surface area contributed by atoms with Gasteiger partial charge in [-0.1, -0.05) is 0 Å². The van der Waals surface area contributed by atoms with Crippen molar-refractivity contribution in [3.63, 3.8) is 0 Å². The second-order valence-corrected chi connectivity index (χ2v) is 7.57. The van der Waals surface area contributed by atoms with Gasteiger partial charge in [0.25, 0.3) is 0 Å². The molecule has 4 amide bonds. The third-order valence-electron chi connectivity index (χ3n) is 4.00. The highest BCUT2D eigenvalue weighted by Crippen LogP contribution is 2.03. The first-order valence-corrected chi connectivity index (χ1v) is 10.8. The number of hydrogen-bond acceptors (Lipinski definition) is 8. The number of carbonyl (C=O) groups excluding carboxylic acids is 4. The molecule has 12 nitrogen and oxygen atoms in total. The number of unbranched alkanes of at least 4 members (excludes halogenated alkanes) is 1. The first kappa shape index (κ1) is 27.6. The minimum absolute atomic E-state index is 0.219. The molecule has 0 aliphatic carbocycles. The number of hydrogen-bond donors (Lipinski definition) is 7. The molecule has 30 heavy (non-hydrogen) atoms. The van der Waals surface area contributed by atoms with Crippen molar-refractivity contribution in [2.75, 3.05) is 25.1 Å². The van der Waals surface area contributed by atoms with Gasteiger partial charge >= 0.3 is 5.97 Å². The summed E-state index contributed by atoms with van der Waals surface area (Å²) in [6.07, 6.45) is 3.10. The van der Waals surface area contributed by atoms with E-state index in [4.69, 9.17) is 22.3 Å². The van der Waals surface area contributed by atoms with E-state index in [2.05, 4.69) is 16.0 Å². The van der Waals surface area contributed by atoms with Crippen LogP contribution in [-0.4, -0.2) is 77.9 Å². The largest absolute Gasteiger partial charge is 0.480 e. The number of thioether (sulfide) groups is 1. The minimum Gasteiger partial charge on any atom is -0.480 e. The molecule has 10 N–H and O–H groups in total.